The molecule has 0 aliphatic carbocycles. The molecule has 2 aromatic rings. The van der Waals surface area contributed by atoms with E-state index in [1.54, 1.807) is 31.2 Å². The molecule has 6 heteroatoms. The third-order valence-corrected chi connectivity index (χ3v) is 3.73. The number of nitrogens with one attached hydrogen (secondary N) is 2. The standard InChI is InChI=1S/C12H12N2O3S/c1-9-7-8-11(12(15)13-9)14-18(16,17)10-5-3-2-4-6-10/h2-8,14H,1H3,(H,13,15). The Morgan fingerprint density at radius 2 is 1.72 bits per heavy atom. The molecule has 0 aliphatic heterocycles. The van der Waals surface area contributed by atoms with Crippen molar-refractivity contribution in [1.82, 2.24) is 4.98 Å². The van der Waals surface area contributed by atoms with E-state index in [9.17, 15) is 13.2 Å². The maximum absolute atomic E-state index is 12.0. The molecular weight excluding hydrogens is 252 g/mol. The molecule has 0 saturated heterocycles. The Labute approximate surface area is 105 Å². The van der Waals surface area contributed by atoms with E-state index in [1.165, 1.54) is 18.2 Å². The molecule has 94 valence electrons. The van der Waals surface area contributed by atoms with Crippen LogP contribution >= 0.6 is 0 Å². The van der Waals surface area contributed by atoms with Gasteiger partial charge in [0.15, 0.2) is 0 Å². The van der Waals surface area contributed by atoms with Crippen LogP contribution in [-0.2, 0) is 10.0 Å². The highest BCUT2D eigenvalue weighted by Crippen LogP contribution is 2.12. The molecule has 5 nitrogen and oxygen atoms in total. The van der Waals surface area contributed by atoms with Gasteiger partial charge in [0, 0.05) is 5.69 Å². The van der Waals surface area contributed by atoms with E-state index in [2.05, 4.69) is 9.71 Å². The number of aryl methyl sites for hydroxylation is 1. The molecule has 0 fully saturated rings. The van der Waals surface area contributed by atoms with Crippen LogP contribution in [-0.4, -0.2) is 13.4 Å². The molecule has 0 amide bonds. The predicted octanol–water partition coefficient (Wildman–Crippen LogP) is 1.48. The first-order valence-corrected chi connectivity index (χ1v) is 6.75. The zero-order valence-corrected chi connectivity index (χ0v) is 10.5. The normalized spacial score (nSPS) is 11.2. The lowest BCUT2D eigenvalue weighted by atomic mass is 10.3. The number of aromatic amines is 1. The highest BCUT2D eigenvalue weighted by atomic mass is 32.2. The number of H-pyrrole nitrogens is 1. The lowest BCUT2D eigenvalue weighted by molar-refractivity contribution is 0.601. The summed E-state index contributed by atoms with van der Waals surface area (Å²) in [5, 5.41) is 0. The minimum absolute atomic E-state index is 0.00412. The summed E-state index contributed by atoms with van der Waals surface area (Å²) in [5.41, 5.74) is 0.210. The zero-order valence-electron chi connectivity index (χ0n) is 9.67. The molecule has 1 heterocycles. The van der Waals surface area contributed by atoms with Crippen LogP contribution in [0.15, 0.2) is 52.2 Å². The molecule has 0 saturated carbocycles. The van der Waals surface area contributed by atoms with Gasteiger partial charge < -0.3 is 4.98 Å². The molecule has 18 heavy (non-hydrogen) atoms. The van der Waals surface area contributed by atoms with Gasteiger partial charge in [-0.15, -0.1) is 0 Å². The molecule has 1 aromatic carbocycles. The number of hydrogen-bond acceptors (Lipinski definition) is 3. The summed E-state index contributed by atoms with van der Waals surface area (Å²) in [6.45, 7) is 1.72. The van der Waals surface area contributed by atoms with Gasteiger partial charge in [-0.3, -0.25) is 9.52 Å². The Hall–Kier alpha value is -2.08. The van der Waals surface area contributed by atoms with Crippen molar-refractivity contribution in [2.75, 3.05) is 4.72 Å². The summed E-state index contributed by atoms with van der Waals surface area (Å²) >= 11 is 0. The molecule has 0 atom stereocenters. The number of anilines is 1. The van der Waals surface area contributed by atoms with Crippen LogP contribution in [0.2, 0.25) is 0 Å². The molecule has 1 aromatic heterocycles. The van der Waals surface area contributed by atoms with Crippen molar-refractivity contribution in [1.29, 1.82) is 0 Å². The maximum atomic E-state index is 12.0. The van der Waals surface area contributed by atoms with Crippen molar-refractivity contribution < 1.29 is 8.42 Å². The maximum Gasteiger partial charge on any atom is 0.272 e. The van der Waals surface area contributed by atoms with Crippen molar-refractivity contribution in [3.63, 3.8) is 0 Å². The van der Waals surface area contributed by atoms with E-state index in [0.29, 0.717) is 5.69 Å². The molecule has 0 radical (unpaired) electrons. The zero-order chi connectivity index (χ0) is 13.2. The Morgan fingerprint density at radius 1 is 1.06 bits per heavy atom. The summed E-state index contributed by atoms with van der Waals surface area (Å²) < 4.78 is 26.2. The average molecular weight is 264 g/mol. The lowest BCUT2D eigenvalue weighted by Crippen LogP contribution is -2.20. The van der Waals surface area contributed by atoms with Gasteiger partial charge in [-0.1, -0.05) is 18.2 Å². The van der Waals surface area contributed by atoms with E-state index >= 15 is 0 Å². The molecule has 0 unspecified atom stereocenters. The van der Waals surface area contributed by atoms with Crippen molar-refractivity contribution in [3.8, 4) is 0 Å². The summed E-state index contributed by atoms with van der Waals surface area (Å²) in [6, 6.07) is 11.0. The quantitative estimate of drug-likeness (QED) is 0.881. The van der Waals surface area contributed by atoms with E-state index in [0.717, 1.165) is 0 Å². The van der Waals surface area contributed by atoms with E-state index in [4.69, 9.17) is 0 Å². The SMILES string of the molecule is Cc1ccc(NS(=O)(=O)c2ccccc2)c(=O)[nH]1. The van der Waals surface area contributed by atoms with Gasteiger partial charge >= 0.3 is 0 Å². The molecule has 0 bridgehead atoms. The van der Waals surface area contributed by atoms with Gasteiger partial charge in [0.05, 0.1) is 4.90 Å². The monoisotopic (exact) mass is 264 g/mol. The van der Waals surface area contributed by atoms with Crippen LogP contribution in [0.4, 0.5) is 5.69 Å². The Balaban J connectivity index is 2.37. The summed E-state index contributed by atoms with van der Waals surface area (Å²) in [4.78, 5) is 14.2. The minimum atomic E-state index is -3.72. The molecule has 2 N–H and O–H groups in total. The Bertz CT molecular complexity index is 706. The fourth-order valence-electron chi connectivity index (χ4n) is 1.46. The fraction of sp³-hybridized carbons (Fsp3) is 0.0833. The van der Waals surface area contributed by atoms with Gasteiger partial charge in [0.2, 0.25) is 0 Å². The summed E-state index contributed by atoms with van der Waals surface area (Å²) in [7, 11) is -3.72. The predicted molar refractivity (Wildman–Crippen MR) is 69.1 cm³/mol. The van der Waals surface area contributed by atoms with Crippen LogP contribution in [0.5, 0.6) is 0 Å². The van der Waals surface area contributed by atoms with Crippen LogP contribution in [0.1, 0.15) is 5.69 Å². The van der Waals surface area contributed by atoms with Gasteiger partial charge in [-0.2, -0.15) is 0 Å². The summed E-state index contributed by atoms with van der Waals surface area (Å²) in [6.07, 6.45) is 0. The first-order valence-electron chi connectivity index (χ1n) is 5.27. The Morgan fingerprint density at radius 3 is 2.33 bits per heavy atom. The first-order chi connectivity index (χ1) is 8.49. The van der Waals surface area contributed by atoms with Crippen LogP contribution < -0.4 is 10.3 Å². The minimum Gasteiger partial charge on any atom is -0.325 e. The number of hydrogen-bond donors (Lipinski definition) is 2. The number of aromatic nitrogens is 1. The lowest BCUT2D eigenvalue weighted by Gasteiger charge is -2.07. The highest BCUT2D eigenvalue weighted by Gasteiger charge is 2.14. The smallest absolute Gasteiger partial charge is 0.272 e. The first kappa shape index (κ1) is 12.4. The van der Waals surface area contributed by atoms with E-state index in [1.807, 2.05) is 0 Å². The number of pyridine rings is 1. The van der Waals surface area contributed by atoms with E-state index < -0.39 is 15.6 Å². The van der Waals surface area contributed by atoms with Crippen molar-refractivity contribution in [2.24, 2.45) is 0 Å². The highest BCUT2D eigenvalue weighted by molar-refractivity contribution is 7.92. The fourth-order valence-corrected chi connectivity index (χ4v) is 2.54. The molecular formula is C12H12N2O3S. The topological polar surface area (TPSA) is 79.0 Å². The van der Waals surface area contributed by atoms with Crippen molar-refractivity contribution >= 4 is 15.7 Å². The van der Waals surface area contributed by atoms with Crippen LogP contribution in [0.25, 0.3) is 0 Å². The third-order valence-electron chi connectivity index (χ3n) is 2.35. The van der Waals surface area contributed by atoms with Gasteiger partial charge in [-0.25, -0.2) is 8.42 Å². The average Bonchev–Trinajstić information content (AvgIpc) is 2.34. The van der Waals surface area contributed by atoms with E-state index in [-0.39, 0.29) is 10.6 Å². The van der Waals surface area contributed by atoms with Crippen LogP contribution in [0.3, 0.4) is 0 Å². The van der Waals surface area contributed by atoms with Gasteiger partial charge in [0.25, 0.3) is 15.6 Å². The van der Waals surface area contributed by atoms with Gasteiger partial charge in [0.1, 0.15) is 5.69 Å². The van der Waals surface area contributed by atoms with Gasteiger partial charge in [-0.05, 0) is 31.2 Å². The Kier molecular flexibility index (Phi) is 3.20. The molecule has 2 rings (SSSR count). The van der Waals surface area contributed by atoms with Crippen molar-refractivity contribution in [3.05, 3.63) is 58.5 Å². The second-order valence-electron chi connectivity index (χ2n) is 3.80. The van der Waals surface area contributed by atoms with Crippen LogP contribution in [0, 0.1) is 6.92 Å². The number of sulfonamides is 1. The third kappa shape index (κ3) is 2.60. The van der Waals surface area contributed by atoms with Crippen molar-refractivity contribution in [2.45, 2.75) is 11.8 Å². The number of rotatable bonds is 3. The number of benzene rings is 1. The second-order valence-corrected chi connectivity index (χ2v) is 5.49. The molecule has 0 aliphatic rings. The summed E-state index contributed by atoms with van der Waals surface area (Å²) in [5.74, 6) is 0. The second kappa shape index (κ2) is 4.66. The molecule has 0 spiro atoms. The largest absolute Gasteiger partial charge is 0.325 e.